The molecule has 2 aromatic carbocycles. The molecule has 196 valence electrons. The molecule has 3 rings (SSSR count). The second-order valence-electron chi connectivity index (χ2n) is 9.35. The molecule has 0 saturated heterocycles. The van der Waals surface area contributed by atoms with Gasteiger partial charge in [-0.05, 0) is 41.8 Å². The number of anilines is 2. The number of aromatic nitrogens is 2. The second kappa shape index (κ2) is 10.1. The minimum absolute atomic E-state index is 0.125. The Bertz CT molecular complexity index is 1580. The molecular formula is C25H28N4O7S. The van der Waals surface area contributed by atoms with Crippen LogP contribution < -0.4 is 25.6 Å². The summed E-state index contributed by atoms with van der Waals surface area (Å²) < 4.78 is 31.4. The molecule has 11 nitrogen and oxygen atoms in total. The molecular weight excluding hydrogens is 500 g/mol. The minimum atomic E-state index is -3.83. The summed E-state index contributed by atoms with van der Waals surface area (Å²) in [6.45, 7) is 6.91. The van der Waals surface area contributed by atoms with Crippen LogP contribution in [0.3, 0.4) is 0 Å². The van der Waals surface area contributed by atoms with Crippen LogP contribution in [-0.2, 0) is 20.2 Å². The largest absolute Gasteiger partial charge is 0.496 e. The van der Waals surface area contributed by atoms with Gasteiger partial charge in [0.2, 0.25) is 15.9 Å². The maximum absolute atomic E-state index is 13.4. The van der Waals surface area contributed by atoms with E-state index in [1.807, 2.05) is 20.8 Å². The summed E-state index contributed by atoms with van der Waals surface area (Å²) in [5, 5.41) is 2.73. The highest BCUT2D eigenvalue weighted by molar-refractivity contribution is 7.92. The predicted octanol–water partition coefficient (Wildman–Crippen LogP) is 2.40. The zero-order chi connectivity index (χ0) is 27.7. The summed E-state index contributed by atoms with van der Waals surface area (Å²) in [6.07, 6.45) is 2.24. The van der Waals surface area contributed by atoms with Crippen molar-refractivity contribution in [3.63, 3.8) is 0 Å². The van der Waals surface area contributed by atoms with Crippen molar-refractivity contribution < 1.29 is 22.7 Å². The lowest BCUT2D eigenvalue weighted by atomic mass is 9.84. The molecule has 0 bridgehead atoms. The van der Waals surface area contributed by atoms with E-state index < -0.39 is 38.5 Å². The molecule has 2 amide bonds. The van der Waals surface area contributed by atoms with E-state index in [2.05, 4.69) is 10.3 Å². The number of H-pyrrole nitrogens is 1. The normalized spacial score (nSPS) is 11.6. The number of benzene rings is 2. The van der Waals surface area contributed by atoms with Crippen molar-refractivity contribution in [3.8, 4) is 11.4 Å². The number of methoxy groups -OCH3 is 1. The molecule has 0 aliphatic carbocycles. The molecule has 3 aromatic rings. The molecule has 0 spiro atoms. The number of sulfonamides is 1. The van der Waals surface area contributed by atoms with Gasteiger partial charge in [0.15, 0.2) is 0 Å². The van der Waals surface area contributed by atoms with E-state index >= 15 is 0 Å². The Labute approximate surface area is 213 Å². The van der Waals surface area contributed by atoms with Crippen LogP contribution >= 0.6 is 0 Å². The molecule has 0 atom stereocenters. The first-order chi connectivity index (χ1) is 17.1. The third-order valence-electron chi connectivity index (χ3n) is 5.41. The molecule has 1 heterocycles. The van der Waals surface area contributed by atoms with Gasteiger partial charge < -0.3 is 10.1 Å². The van der Waals surface area contributed by atoms with Crippen molar-refractivity contribution in [1.82, 2.24) is 9.55 Å². The lowest BCUT2D eigenvalue weighted by molar-refractivity contribution is -0.115. The fourth-order valence-corrected chi connectivity index (χ4v) is 4.78. The zero-order valence-corrected chi connectivity index (χ0v) is 22.1. The quantitative estimate of drug-likeness (QED) is 0.499. The average Bonchev–Trinajstić information content (AvgIpc) is 2.77. The van der Waals surface area contributed by atoms with E-state index in [1.54, 1.807) is 6.07 Å². The van der Waals surface area contributed by atoms with Gasteiger partial charge in [-0.2, -0.15) is 0 Å². The number of rotatable bonds is 6. The van der Waals surface area contributed by atoms with E-state index in [-0.39, 0.29) is 11.3 Å². The van der Waals surface area contributed by atoms with Gasteiger partial charge in [-0.25, -0.2) is 17.5 Å². The number of hydrogen-bond acceptors (Lipinski definition) is 7. The third kappa shape index (κ3) is 5.97. The highest BCUT2D eigenvalue weighted by atomic mass is 32.2. The first-order valence-electron chi connectivity index (χ1n) is 11.1. The van der Waals surface area contributed by atoms with E-state index in [0.29, 0.717) is 27.0 Å². The van der Waals surface area contributed by atoms with Gasteiger partial charge in [0, 0.05) is 30.4 Å². The fourth-order valence-electron chi connectivity index (χ4n) is 3.80. The summed E-state index contributed by atoms with van der Waals surface area (Å²) >= 11 is 0. The smallest absolute Gasteiger partial charge is 0.332 e. The summed E-state index contributed by atoms with van der Waals surface area (Å²) in [5.41, 5.74) is -0.114. The molecule has 1 aromatic heterocycles. The van der Waals surface area contributed by atoms with Crippen molar-refractivity contribution in [2.75, 3.05) is 23.0 Å². The van der Waals surface area contributed by atoms with Gasteiger partial charge in [0.1, 0.15) is 5.75 Å². The molecule has 0 radical (unpaired) electrons. The van der Waals surface area contributed by atoms with Crippen molar-refractivity contribution >= 4 is 33.2 Å². The van der Waals surface area contributed by atoms with Crippen LogP contribution in [0.1, 0.15) is 43.6 Å². The first kappa shape index (κ1) is 27.4. The minimum Gasteiger partial charge on any atom is -0.496 e. The zero-order valence-electron chi connectivity index (χ0n) is 21.3. The van der Waals surface area contributed by atoms with Gasteiger partial charge in [0.25, 0.3) is 11.5 Å². The highest BCUT2D eigenvalue weighted by Gasteiger charge is 2.26. The molecule has 0 saturated carbocycles. The monoisotopic (exact) mass is 528 g/mol. The van der Waals surface area contributed by atoms with Crippen LogP contribution in [0.25, 0.3) is 5.69 Å². The fraction of sp³-hybridized carbons (Fsp3) is 0.280. The molecule has 0 aliphatic heterocycles. The standard InChI is InChI=1S/C25H28N4O7S/c1-15(30)29(37(6,34)35)17-9-7-16(8-10-17)26-23(32)19-13-18(28-12-11-21(31)27-24(28)33)14-20(22(19)36-5)25(2,3)4/h7-14H,1-6H3,(H,26,32)(H,27,31,33). The molecule has 2 N–H and O–H groups in total. The van der Waals surface area contributed by atoms with E-state index in [4.69, 9.17) is 4.74 Å². The van der Waals surface area contributed by atoms with E-state index in [1.165, 1.54) is 54.3 Å². The van der Waals surface area contributed by atoms with Crippen LogP contribution in [0.4, 0.5) is 11.4 Å². The topological polar surface area (TPSA) is 148 Å². The number of nitrogens with zero attached hydrogens (tertiary/aromatic N) is 2. The molecule has 12 heteroatoms. The maximum Gasteiger partial charge on any atom is 0.332 e. The van der Waals surface area contributed by atoms with Gasteiger partial charge in [-0.1, -0.05) is 20.8 Å². The summed E-state index contributed by atoms with van der Waals surface area (Å²) in [5.74, 6) is -0.920. The second-order valence-corrected chi connectivity index (χ2v) is 11.2. The van der Waals surface area contributed by atoms with Crippen molar-refractivity contribution in [2.24, 2.45) is 0 Å². The number of hydrogen-bond donors (Lipinski definition) is 2. The molecule has 37 heavy (non-hydrogen) atoms. The average molecular weight is 529 g/mol. The number of aromatic amines is 1. The van der Waals surface area contributed by atoms with Crippen LogP contribution in [-0.4, -0.2) is 43.1 Å². The Hall–Kier alpha value is -4.19. The number of ether oxygens (including phenoxy) is 1. The SMILES string of the molecule is COc1c(C(=O)Nc2ccc(N(C(C)=O)S(C)(=O)=O)cc2)cc(-n2ccc(=O)[nH]c2=O)cc1C(C)(C)C. The van der Waals surface area contributed by atoms with Crippen molar-refractivity contribution in [1.29, 1.82) is 0 Å². The van der Waals surface area contributed by atoms with E-state index in [9.17, 15) is 27.6 Å². The van der Waals surface area contributed by atoms with Gasteiger partial charge in [-0.15, -0.1) is 0 Å². The van der Waals surface area contributed by atoms with Crippen molar-refractivity contribution in [2.45, 2.75) is 33.1 Å². The summed E-state index contributed by atoms with van der Waals surface area (Å²) in [4.78, 5) is 51.4. The maximum atomic E-state index is 13.4. The van der Waals surface area contributed by atoms with Crippen LogP contribution in [0, 0.1) is 0 Å². The van der Waals surface area contributed by atoms with Gasteiger partial charge in [-0.3, -0.25) is 23.9 Å². The molecule has 0 fully saturated rings. The van der Waals surface area contributed by atoms with E-state index in [0.717, 1.165) is 13.2 Å². The third-order valence-corrected chi connectivity index (χ3v) is 6.54. The Balaban J connectivity index is 2.08. The molecule has 0 aliphatic rings. The van der Waals surface area contributed by atoms with Crippen LogP contribution in [0.15, 0.2) is 58.3 Å². The van der Waals surface area contributed by atoms with Crippen LogP contribution in [0.5, 0.6) is 5.75 Å². The Morgan fingerprint density at radius 2 is 1.68 bits per heavy atom. The lowest BCUT2D eigenvalue weighted by Crippen LogP contribution is -2.34. The van der Waals surface area contributed by atoms with Crippen molar-refractivity contribution in [3.05, 3.63) is 80.6 Å². The Morgan fingerprint density at radius 1 is 1.05 bits per heavy atom. The Morgan fingerprint density at radius 3 is 2.16 bits per heavy atom. The predicted molar refractivity (Wildman–Crippen MR) is 140 cm³/mol. The Kier molecular flexibility index (Phi) is 7.44. The number of carbonyl (C=O) groups excluding carboxylic acids is 2. The summed E-state index contributed by atoms with van der Waals surface area (Å²) in [6, 6.07) is 10.1. The van der Waals surface area contributed by atoms with Crippen LogP contribution in [0.2, 0.25) is 0 Å². The van der Waals surface area contributed by atoms with Gasteiger partial charge in [0.05, 0.1) is 30.3 Å². The highest BCUT2D eigenvalue weighted by Crippen LogP contribution is 2.36. The number of carbonyl (C=O) groups is 2. The number of nitrogens with one attached hydrogen (secondary N) is 2. The lowest BCUT2D eigenvalue weighted by Gasteiger charge is -2.25. The summed E-state index contributed by atoms with van der Waals surface area (Å²) in [7, 11) is -2.40. The molecule has 0 unspecified atom stereocenters. The first-order valence-corrected chi connectivity index (χ1v) is 13.0. The van der Waals surface area contributed by atoms with Gasteiger partial charge >= 0.3 is 5.69 Å². The number of amides is 2.